The molecule has 1 aliphatic rings. The van der Waals surface area contributed by atoms with Crippen molar-refractivity contribution in [1.29, 1.82) is 0 Å². The first kappa shape index (κ1) is 18.3. The summed E-state index contributed by atoms with van der Waals surface area (Å²) in [5.74, 6) is -1.95. The second-order valence-electron chi connectivity index (χ2n) is 6.54. The van der Waals surface area contributed by atoms with Crippen LogP contribution in [0.2, 0.25) is 0 Å². The molecular weight excluding hydrogens is 368 g/mol. The Kier molecular flexibility index (Phi) is 4.75. The fourth-order valence-electron chi connectivity index (χ4n) is 3.20. The average Bonchev–Trinajstić information content (AvgIpc) is 3.06. The lowest BCUT2D eigenvalue weighted by Crippen LogP contribution is -1.97. The van der Waals surface area contributed by atoms with Crippen LogP contribution in [0.3, 0.4) is 0 Å². The van der Waals surface area contributed by atoms with Crippen molar-refractivity contribution in [2.24, 2.45) is 9.98 Å². The van der Waals surface area contributed by atoms with Crippen LogP contribution in [0, 0.1) is 0 Å². The molecular formula is C23H16N2O4. The van der Waals surface area contributed by atoms with Crippen molar-refractivity contribution >= 4 is 34.7 Å². The highest BCUT2D eigenvalue weighted by atomic mass is 16.4. The van der Waals surface area contributed by atoms with Gasteiger partial charge in [-0.05, 0) is 48.5 Å². The zero-order valence-electron chi connectivity index (χ0n) is 15.2. The van der Waals surface area contributed by atoms with E-state index in [9.17, 15) is 9.59 Å². The maximum Gasteiger partial charge on any atom is 0.335 e. The van der Waals surface area contributed by atoms with Crippen LogP contribution in [0.1, 0.15) is 38.3 Å². The molecule has 0 aromatic heterocycles. The van der Waals surface area contributed by atoms with E-state index in [0.717, 1.165) is 22.6 Å². The van der Waals surface area contributed by atoms with Gasteiger partial charge in [0, 0.05) is 17.5 Å². The number of aromatic carboxylic acids is 2. The summed E-state index contributed by atoms with van der Waals surface area (Å²) >= 11 is 0. The molecule has 0 spiro atoms. The molecule has 0 aliphatic heterocycles. The van der Waals surface area contributed by atoms with Crippen LogP contribution in [0.5, 0.6) is 0 Å². The van der Waals surface area contributed by atoms with Gasteiger partial charge in [-0.2, -0.15) is 0 Å². The Labute approximate surface area is 166 Å². The monoisotopic (exact) mass is 384 g/mol. The summed E-state index contributed by atoms with van der Waals surface area (Å²) in [6.07, 6.45) is 0.528. The van der Waals surface area contributed by atoms with Crippen LogP contribution in [0.4, 0.5) is 11.4 Å². The number of benzene rings is 3. The summed E-state index contributed by atoms with van der Waals surface area (Å²) < 4.78 is 0. The smallest absolute Gasteiger partial charge is 0.335 e. The highest BCUT2D eigenvalue weighted by molar-refractivity contribution is 6.28. The standard InChI is InChI=1S/C23H16N2O4/c26-22(27)14-5-9-16(10-6-14)24-20-13-21(19-4-2-1-3-18(19)20)25-17-11-7-15(8-12-17)23(28)29/h1-12H,13H2,(H,26,27)(H,28,29). The molecule has 2 N–H and O–H groups in total. The van der Waals surface area contributed by atoms with Crippen LogP contribution in [-0.2, 0) is 0 Å². The quantitative estimate of drug-likeness (QED) is 0.679. The van der Waals surface area contributed by atoms with Gasteiger partial charge in [0.15, 0.2) is 0 Å². The summed E-state index contributed by atoms with van der Waals surface area (Å²) in [6, 6.07) is 20.7. The molecule has 6 heteroatoms. The average molecular weight is 384 g/mol. The topological polar surface area (TPSA) is 99.3 Å². The molecule has 142 valence electrons. The van der Waals surface area contributed by atoms with Crippen LogP contribution in [-0.4, -0.2) is 33.6 Å². The summed E-state index contributed by atoms with van der Waals surface area (Å²) in [6.45, 7) is 0. The van der Waals surface area contributed by atoms with E-state index in [4.69, 9.17) is 20.2 Å². The Morgan fingerprint density at radius 2 is 1.00 bits per heavy atom. The van der Waals surface area contributed by atoms with E-state index in [1.807, 2.05) is 24.3 Å². The van der Waals surface area contributed by atoms with E-state index in [-0.39, 0.29) is 11.1 Å². The van der Waals surface area contributed by atoms with Crippen molar-refractivity contribution < 1.29 is 19.8 Å². The molecule has 0 amide bonds. The van der Waals surface area contributed by atoms with Gasteiger partial charge in [-0.3, -0.25) is 9.98 Å². The number of hydrogen-bond acceptors (Lipinski definition) is 4. The lowest BCUT2D eigenvalue weighted by atomic mass is 10.1. The SMILES string of the molecule is O=C(O)c1ccc(N=C2CC(=Nc3ccc(C(=O)O)cc3)c3ccccc32)cc1. The maximum atomic E-state index is 11.0. The zero-order valence-corrected chi connectivity index (χ0v) is 15.2. The van der Waals surface area contributed by atoms with E-state index in [1.54, 1.807) is 24.3 Å². The number of carboxylic acids is 2. The van der Waals surface area contributed by atoms with Crippen molar-refractivity contribution in [3.63, 3.8) is 0 Å². The number of fused-ring (bicyclic) bond motifs is 1. The fraction of sp³-hybridized carbons (Fsp3) is 0.0435. The van der Waals surface area contributed by atoms with E-state index in [2.05, 4.69) is 0 Å². The Balaban J connectivity index is 1.68. The number of nitrogens with zero attached hydrogens (tertiary/aromatic N) is 2. The molecule has 0 saturated heterocycles. The van der Waals surface area contributed by atoms with Crippen molar-refractivity contribution in [3.8, 4) is 0 Å². The summed E-state index contributed by atoms with van der Waals surface area (Å²) in [7, 11) is 0. The van der Waals surface area contributed by atoms with Crippen molar-refractivity contribution in [2.75, 3.05) is 0 Å². The van der Waals surface area contributed by atoms with Crippen LogP contribution in [0.15, 0.2) is 82.8 Å². The molecule has 0 radical (unpaired) electrons. The molecule has 3 aromatic rings. The van der Waals surface area contributed by atoms with Gasteiger partial charge in [0.1, 0.15) is 0 Å². The number of aliphatic imine (C=N–C) groups is 2. The number of rotatable bonds is 4. The third kappa shape index (κ3) is 3.82. The van der Waals surface area contributed by atoms with Gasteiger partial charge < -0.3 is 10.2 Å². The Bertz CT molecular complexity index is 1070. The number of carbonyl (C=O) groups is 2. The Morgan fingerprint density at radius 1 is 0.621 bits per heavy atom. The van der Waals surface area contributed by atoms with E-state index in [1.165, 1.54) is 24.3 Å². The van der Waals surface area contributed by atoms with E-state index >= 15 is 0 Å². The Morgan fingerprint density at radius 3 is 1.34 bits per heavy atom. The highest BCUT2D eigenvalue weighted by Crippen LogP contribution is 2.28. The molecule has 29 heavy (non-hydrogen) atoms. The molecule has 1 aliphatic carbocycles. The van der Waals surface area contributed by atoms with Gasteiger partial charge in [-0.25, -0.2) is 9.59 Å². The summed E-state index contributed by atoms with van der Waals surface area (Å²) in [4.78, 5) is 31.4. The van der Waals surface area contributed by atoms with Crippen LogP contribution in [0.25, 0.3) is 0 Å². The third-order valence-corrected chi connectivity index (χ3v) is 4.64. The second-order valence-corrected chi connectivity index (χ2v) is 6.54. The summed E-state index contributed by atoms with van der Waals surface area (Å²) in [5, 5.41) is 18.1. The molecule has 0 bridgehead atoms. The van der Waals surface area contributed by atoms with Gasteiger partial charge >= 0.3 is 11.9 Å². The lowest BCUT2D eigenvalue weighted by molar-refractivity contribution is 0.0686. The van der Waals surface area contributed by atoms with Crippen LogP contribution < -0.4 is 0 Å². The van der Waals surface area contributed by atoms with Crippen molar-refractivity contribution in [1.82, 2.24) is 0 Å². The highest BCUT2D eigenvalue weighted by Gasteiger charge is 2.23. The normalized spacial score (nSPS) is 15.4. The van der Waals surface area contributed by atoms with Gasteiger partial charge in [0.05, 0.1) is 33.9 Å². The molecule has 0 atom stereocenters. The number of carboxylic acid groups (broad SMARTS) is 2. The van der Waals surface area contributed by atoms with E-state index < -0.39 is 11.9 Å². The van der Waals surface area contributed by atoms with Crippen LogP contribution >= 0.6 is 0 Å². The predicted molar refractivity (Wildman–Crippen MR) is 110 cm³/mol. The predicted octanol–water partition coefficient (Wildman–Crippen LogP) is 4.73. The maximum absolute atomic E-state index is 11.0. The van der Waals surface area contributed by atoms with Gasteiger partial charge in [-0.15, -0.1) is 0 Å². The second kappa shape index (κ2) is 7.52. The van der Waals surface area contributed by atoms with Gasteiger partial charge in [0.2, 0.25) is 0 Å². The largest absolute Gasteiger partial charge is 0.478 e. The van der Waals surface area contributed by atoms with Crippen molar-refractivity contribution in [2.45, 2.75) is 6.42 Å². The Hall–Kier alpha value is -4.06. The van der Waals surface area contributed by atoms with Gasteiger partial charge in [0.25, 0.3) is 0 Å². The first-order valence-electron chi connectivity index (χ1n) is 8.93. The molecule has 0 unspecified atom stereocenters. The number of hydrogen-bond donors (Lipinski definition) is 2. The fourth-order valence-corrected chi connectivity index (χ4v) is 3.20. The zero-order chi connectivity index (χ0) is 20.4. The molecule has 0 heterocycles. The molecule has 0 fully saturated rings. The lowest BCUT2D eigenvalue weighted by Gasteiger charge is -2.00. The van der Waals surface area contributed by atoms with E-state index in [0.29, 0.717) is 17.8 Å². The first-order chi connectivity index (χ1) is 14.0. The van der Waals surface area contributed by atoms with Crippen molar-refractivity contribution in [3.05, 3.63) is 95.1 Å². The summed E-state index contributed by atoms with van der Waals surface area (Å²) in [5.41, 5.74) is 5.44. The third-order valence-electron chi connectivity index (χ3n) is 4.64. The molecule has 0 saturated carbocycles. The first-order valence-corrected chi connectivity index (χ1v) is 8.93. The molecule has 4 rings (SSSR count). The minimum Gasteiger partial charge on any atom is -0.478 e. The molecule has 3 aromatic carbocycles. The minimum atomic E-state index is -0.973. The van der Waals surface area contributed by atoms with Gasteiger partial charge in [-0.1, -0.05) is 24.3 Å². The minimum absolute atomic E-state index is 0.216. The molecule has 6 nitrogen and oxygen atoms in total.